The molecule has 0 atom stereocenters. The van der Waals surface area contributed by atoms with Crippen LogP contribution in [-0.4, -0.2) is 23.9 Å². The summed E-state index contributed by atoms with van der Waals surface area (Å²) in [6, 6.07) is 2.35. The maximum atomic E-state index is 13.1. The fraction of sp³-hybridized carbons (Fsp3) is 0.400. The number of nitrogens with zero attached hydrogens (tertiary/aromatic N) is 2. The van der Waals surface area contributed by atoms with Gasteiger partial charge in [-0.05, 0) is 6.07 Å². The molecule has 18 heavy (non-hydrogen) atoms. The molecule has 0 saturated carbocycles. The average molecular weight is 278 g/mol. The molecule has 1 aromatic carbocycles. The van der Waals surface area contributed by atoms with Crippen LogP contribution in [0.25, 0.3) is 0 Å². The summed E-state index contributed by atoms with van der Waals surface area (Å²) in [5.74, 6) is -2.76. The Labute approximate surface area is 106 Å². The van der Waals surface area contributed by atoms with E-state index in [1.165, 1.54) is 11.0 Å². The largest absolute Gasteiger partial charge is 0.393 e. The summed E-state index contributed by atoms with van der Waals surface area (Å²) < 4.78 is 26.2. The van der Waals surface area contributed by atoms with E-state index in [2.05, 4.69) is 0 Å². The van der Waals surface area contributed by atoms with Gasteiger partial charge in [-0.25, -0.2) is 8.78 Å². The number of halogens is 3. The molecule has 2 rings (SSSR count). The van der Waals surface area contributed by atoms with Crippen molar-refractivity contribution in [2.45, 2.75) is 12.3 Å². The molecular formula is C10H10ClF2N3O2. The van der Waals surface area contributed by atoms with Gasteiger partial charge in [0, 0.05) is 19.0 Å². The third-order valence-corrected chi connectivity index (χ3v) is 3.11. The summed E-state index contributed by atoms with van der Waals surface area (Å²) in [5, 5.41) is 10.7. The highest BCUT2D eigenvalue weighted by atomic mass is 35.5. The Morgan fingerprint density at radius 1 is 1.50 bits per heavy atom. The van der Waals surface area contributed by atoms with Gasteiger partial charge in [0.05, 0.1) is 22.2 Å². The zero-order chi connectivity index (χ0) is 13.5. The van der Waals surface area contributed by atoms with Crippen molar-refractivity contribution in [2.75, 3.05) is 23.7 Å². The summed E-state index contributed by atoms with van der Waals surface area (Å²) in [7, 11) is 0. The van der Waals surface area contributed by atoms with Crippen LogP contribution in [-0.2, 0) is 0 Å². The second-order valence-electron chi connectivity index (χ2n) is 4.15. The van der Waals surface area contributed by atoms with Gasteiger partial charge in [-0.15, -0.1) is 0 Å². The first kappa shape index (κ1) is 12.8. The highest BCUT2D eigenvalue weighted by Gasteiger charge is 2.39. The molecule has 8 heteroatoms. The number of nitrogen functional groups attached to an aromatic ring is 1. The molecule has 0 aromatic heterocycles. The molecule has 0 aliphatic carbocycles. The lowest BCUT2D eigenvalue weighted by molar-refractivity contribution is -0.383. The Hall–Kier alpha value is -1.63. The van der Waals surface area contributed by atoms with E-state index < -0.39 is 17.4 Å². The predicted octanol–water partition coefficient (Wildman–Crippen LogP) is 2.68. The van der Waals surface area contributed by atoms with E-state index >= 15 is 0 Å². The van der Waals surface area contributed by atoms with Crippen LogP contribution in [0.15, 0.2) is 12.1 Å². The minimum Gasteiger partial charge on any atom is -0.393 e. The summed E-state index contributed by atoms with van der Waals surface area (Å²) in [4.78, 5) is 11.4. The average Bonchev–Trinajstić information content (AvgIpc) is 2.61. The van der Waals surface area contributed by atoms with Crippen molar-refractivity contribution in [3.05, 3.63) is 27.3 Å². The van der Waals surface area contributed by atoms with E-state index in [4.69, 9.17) is 17.3 Å². The second kappa shape index (κ2) is 4.24. The van der Waals surface area contributed by atoms with Crippen LogP contribution in [0, 0.1) is 10.1 Å². The summed E-state index contributed by atoms with van der Waals surface area (Å²) in [5.41, 5.74) is 5.40. The second-order valence-corrected chi connectivity index (χ2v) is 4.55. The number of alkyl halides is 2. The van der Waals surface area contributed by atoms with Crippen LogP contribution in [0.3, 0.4) is 0 Å². The number of nitro benzene ring substituents is 1. The Morgan fingerprint density at radius 3 is 2.67 bits per heavy atom. The summed E-state index contributed by atoms with van der Waals surface area (Å²) in [6.45, 7) is -0.312. The topological polar surface area (TPSA) is 72.4 Å². The van der Waals surface area contributed by atoms with Crippen LogP contribution in [0.2, 0.25) is 5.02 Å². The maximum Gasteiger partial charge on any atom is 0.293 e. The molecule has 1 aliphatic heterocycles. The monoisotopic (exact) mass is 277 g/mol. The van der Waals surface area contributed by atoms with E-state index in [0.717, 1.165) is 6.07 Å². The first-order valence-electron chi connectivity index (χ1n) is 5.16. The highest BCUT2D eigenvalue weighted by Crippen LogP contribution is 2.38. The zero-order valence-electron chi connectivity index (χ0n) is 9.20. The first-order valence-corrected chi connectivity index (χ1v) is 5.54. The zero-order valence-corrected chi connectivity index (χ0v) is 9.95. The normalized spacial score (nSPS) is 18.1. The minimum atomic E-state index is -2.76. The fourth-order valence-corrected chi connectivity index (χ4v) is 2.19. The minimum absolute atomic E-state index is 0.0496. The number of anilines is 2. The van der Waals surface area contributed by atoms with Crippen molar-refractivity contribution in [3.63, 3.8) is 0 Å². The fourth-order valence-electron chi connectivity index (χ4n) is 1.91. The van der Waals surface area contributed by atoms with Gasteiger partial charge in [0.15, 0.2) is 0 Å². The van der Waals surface area contributed by atoms with Crippen molar-refractivity contribution in [1.82, 2.24) is 0 Å². The molecule has 0 spiro atoms. The van der Waals surface area contributed by atoms with Crippen molar-refractivity contribution >= 4 is 28.7 Å². The van der Waals surface area contributed by atoms with Crippen molar-refractivity contribution < 1.29 is 13.7 Å². The van der Waals surface area contributed by atoms with Crippen molar-refractivity contribution in [2.24, 2.45) is 0 Å². The van der Waals surface area contributed by atoms with Crippen LogP contribution < -0.4 is 10.6 Å². The van der Waals surface area contributed by atoms with E-state index in [-0.39, 0.29) is 29.4 Å². The van der Waals surface area contributed by atoms with Crippen LogP contribution in [0.5, 0.6) is 0 Å². The van der Waals surface area contributed by atoms with Crippen LogP contribution >= 0.6 is 11.6 Å². The maximum absolute atomic E-state index is 13.1. The molecule has 1 heterocycles. The number of rotatable bonds is 2. The van der Waals surface area contributed by atoms with Gasteiger partial charge in [0.1, 0.15) is 5.69 Å². The lowest BCUT2D eigenvalue weighted by Gasteiger charge is -2.19. The van der Waals surface area contributed by atoms with E-state index in [9.17, 15) is 18.9 Å². The molecule has 1 aromatic rings. The summed E-state index contributed by atoms with van der Waals surface area (Å²) in [6.07, 6.45) is -0.264. The third kappa shape index (κ3) is 2.31. The number of hydrogen-bond acceptors (Lipinski definition) is 4. The smallest absolute Gasteiger partial charge is 0.293 e. The summed E-state index contributed by atoms with van der Waals surface area (Å²) >= 11 is 5.87. The van der Waals surface area contributed by atoms with Gasteiger partial charge < -0.3 is 10.6 Å². The van der Waals surface area contributed by atoms with E-state index in [1.54, 1.807) is 0 Å². The molecule has 5 nitrogen and oxygen atoms in total. The Balaban J connectivity index is 2.36. The van der Waals surface area contributed by atoms with Crippen molar-refractivity contribution in [1.29, 1.82) is 0 Å². The highest BCUT2D eigenvalue weighted by molar-refractivity contribution is 6.33. The van der Waals surface area contributed by atoms with Gasteiger partial charge in [-0.3, -0.25) is 10.1 Å². The standard InChI is InChI=1S/C10H10ClF2N3O2/c11-6-3-9(16(17)18)7(14)4-8(6)15-2-1-10(12,13)5-15/h3-4H,1-2,5,14H2. The van der Waals surface area contributed by atoms with Gasteiger partial charge in [-0.2, -0.15) is 0 Å². The van der Waals surface area contributed by atoms with Gasteiger partial charge in [0.25, 0.3) is 11.6 Å². The van der Waals surface area contributed by atoms with Crippen LogP contribution in [0.4, 0.5) is 25.8 Å². The number of nitro groups is 1. The molecular weight excluding hydrogens is 268 g/mol. The van der Waals surface area contributed by atoms with E-state index in [1.807, 2.05) is 0 Å². The molecule has 0 radical (unpaired) electrons. The molecule has 1 fully saturated rings. The third-order valence-electron chi connectivity index (χ3n) is 2.80. The Kier molecular flexibility index (Phi) is 3.02. The molecule has 0 unspecified atom stereocenters. The lowest BCUT2D eigenvalue weighted by Crippen LogP contribution is -2.25. The quantitative estimate of drug-likeness (QED) is 0.512. The predicted molar refractivity (Wildman–Crippen MR) is 64.3 cm³/mol. The van der Waals surface area contributed by atoms with Gasteiger partial charge in [-0.1, -0.05) is 11.6 Å². The molecule has 1 saturated heterocycles. The van der Waals surface area contributed by atoms with E-state index in [0.29, 0.717) is 5.69 Å². The Bertz CT molecular complexity index is 510. The van der Waals surface area contributed by atoms with Gasteiger partial charge >= 0.3 is 0 Å². The van der Waals surface area contributed by atoms with Gasteiger partial charge in [0.2, 0.25) is 0 Å². The molecule has 1 aliphatic rings. The number of nitrogens with two attached hydrogens (primary N) is 1. The van der Waals surface area contributed by atoms with Crippen LogP contribution in [0.1, 0.15) is 6.42 Å². The lowest BCUT2D eigenvalue weighted by atomic mass is 10.2. The SMILES string of the molecule is Nc1cc(N2CCC(F)(F)C2)c(Cl)cc1[N+](=O)[O-]. The number of hydrogen-bond donors (Lipinski definition) is 1. The molecule has 0 bridgehead atoms. The Morgan fingerprint density at radius 2 is 2.17 bits per heavy atom. The molecule has 0 amide bonds. The van der Waals surface area contributed by atoms with Crippen molar-refractivity contribution in [3.8, 4) is 0 Å². The first-order chi connectivity index (χ1) is 8.30. The molecule has 2 N–H and O–H groups in total. The number of benzene rings is 1. The molecule has 98 valence electrons.